The van der Waals surface area contributed by atoms with Crippen molar-refractivity contribution in [2.45, 2.75) is 50.9 Å². The van der Waals surface area contributed by atoms with E-state index in [0.29, 0.717) is 18.8 Å². The Kier molecular flexibility index (Phi) is 7.93. The second-order valence-corrected chi connectivity index (χ2v) is 8.96. The summed E-state index contributed by atoms with van der Waals surface area (Å²) < 4.78 is 1.98. The van der Waals surface area contributed by atoms with Gasteiger partial charge in [0.05, 0.1) is 17.5 Å². The van der Waals surface area contributed by atoms with Crippen LogP contribution in [-0.4, -0.2) is 63.1 Å². The van der Waals surface area contributed by atoms with Gasteiger partial charge >= 0.3 is 0 Å². The molecule has 4 atom stereocenters. The SMILES string of the molecule is CCc1cn([C@@H]2C[C@H](CNCCCNCCc3ccccc3)[C@@H](O)[C@H]2O)c2ncnc(N)c12. The number of hydrogen-bond donors (Lipinski definition) is 5. The van der Waals surface area contributed by atoms with Crippen molar-refractivity contribution in [1.29, 1.82) is 0 Å². The van der Waals surface area contributed by atoms with Gasteiger partial charge < -0.3 is 31.1 Å². The zero-order chi connectivity index (χ0) is 23.2. The lowest BCUT2D eigenvalue weighted by molar-refractivity contribution is 0.00692. The van der Waals surface area contributed by atoms with Crippen molar-refractivity contribution >= 4 is 16.9 Å². The zero-order valence-electron chi connectivity index (χ0n) is 19.3. The number of nitrogen functional groups attached to an aromatic ring is 1. The summed E-state index contributed by atoms with van der Waals surface area (Å²) in [5.74, 6) is 0.442. The van der Waals surface area contributed by atoms with E-state index < -0.39 is 12.2 Å². The van der Waals surface area contributed by atoms with E-state index in [1.807, 2.05) is 16.8 Å². The number of benzene rings is 1. The minimum atomic E-state index is -0.840. The molecule has 3 aromatic rings. The second-order valence-electron chi connectivity index (χ2n) is 8.96. The predicted molar refractivity (Wildman–Crippen MR) is 131 cm³/mol. The lowest BCUT2D eigenvalue weighted by Crippen LogP contribution is -2.34. The fraction of sp³-hybridized carbons (Fsp3) is 0.520. The Morgan fingerprint density at radius 2 is 1.85 bits per heavy atom. The maximum atomic E-state index is 10.8. The first-order valence-electron chi connectivity index (χ1n) is 12.0. The highest BCUT2D eigenvalue weighted by atomic mass is 16.3. The number of hydrogen-bond acceptors (Lipinski definition) is 7. The molecule has 8 heteroatoms. The molecule has 0 aliphatic heterocycles. The predicted octanol–water partition coefficient (Wildman–Crippen LogP) is 1.67. The highest BCUT2D eigenvalue weighted by molar-refractivity contribution is 5.89. The zero-order valence-corrected chi connectivity index (χ0v) is 19.3. The van der Waals surface area contributed by atoms with Gasteiger partial charge in [-0.15, -0.1) is 0 Å². The molecular formula is C25H36N6O2. The van der Waals surface area contributed by atoms with Gasteiger partial charge in [0.1, 0.15) is 23.9 Å². The molecule has 2 aromatic heterocycles. The fourth-order valence-corrected chi connectivity index (χ4v) is 4.91. The van der Waals surface area contributed by atoms with Crippen LogP contribution in [-0.2, 0) is 12.8 Å². The molecule has 1 aromatic carbocycles. The topological polar surface area (TPSA) is 121 Å². The smallest absolute Gasteiger partial charge is 0.146 e. The largest absolute Gasteiger partial charge is 0.390 e. The molecule has 1 fully saturated rings. The molecule has 4 rings (SSSR count). The molecule has 2 heterocycles. The summed E-state index contributed by atoms with van der Waals surface area (Å²) in [4.78, 5) is 8.55. The molecule has 0 unspecified atom stereocenters. The molecule has 1 aliphatic carbocycles. The van der Waals surface area contributed by atoms with Crippen LogP contribution in [0.5, 0.6) is 0 Å². The third-order valence-corrected chi connectivity index (χ3v) is 6.77. The van der Waals surface area contributed by atoms with Gasteiger partial charge in [-0.2, -0.15) is 0 Å². The van der Waals surface area contributed by atoms with Crippen LogP contribution < -0.4 is 16.4 Å². The average molecular weight is 453 g/mol. The van der Waals surface area contributed by atoms with Gasteiger partial charge in [0.25, 0.3) is 0 Å². The number of nitrogens with zero attached hydrogens (tertiary/aromatic N) is 3. The Hall–Kier alpha value is -2.52. The lowest BCUT2D eigenvalue weighted by Gasteiger charge is -2.19. The average Bonchev–Trinajstić information content (AvgIpc) is 3.34. The number of anilines is 1. The van der Waals surface area contributed by atoms with Gasteiger partial charge in [0.2, 0.25) is 0 Å². The van der Waals surface area contributed by atoms with Crippen LogP contribution in [0.3, 0.4) is 0 Å². The number of aromatic nitrogens is 3. The molecule has 6 N–H and O–H groups in total. The fourth-order valence-electron chi connectivity index (χ4n) is 4.91. The Bertz CT molecular complexity index is 1020. The Balaban J connectivity index is 1.24. The molecular weight excluding hydrogens is 416 g/mol. The van der Waals surface area contributed by atoms with Crippen LogP contribution in [0, 0.1) is 5.92 Å². The molecule has 0 radical (unpaired) electrons. The molecule has 178 valence electrons. The normalized spacial score (nSPS) is 22.9. The number of rotatable bonds is 11. The number of nitrogens with one attached hydrogen (secondary N) is 2. The van der Waals surface area contributed by atoms with Crippen LogP contribution in [0.15, 0.2) is 42.9 Å². The summed E-state index contributed by atoms with van der Waals surface area (Å²) in [6, 6.07) is 10.3. The number of aliphatic hydroxyl groups is 2. The van der Waals surface area contributed by atoms with E-state index in [9.17, 15) is 10.2 Å². The second kappa shape index (κ2) is 11.1. The molecule has 8 nitrogen and oxygen atoms in total. The summed E-state index contributed by atoms with van der Waals surface area (Å²) in [5.41, 5.74) is 9.23. The molecule has 1 aliphatic rings. The lowest BCUT2D eigenvalue weighted by atomic mass is 10.1. The van der Waals surface area contributed by atoms with Crippen LogP contribution in [0.4, 0.5) is 5.82 Å². The molecule has 0 saturated heterocycles. The van der Waals surface area contributed by atoms with Gasteiger partial charge in [0, 0.05) is 18.7 Å². The summed E-state index contributed by atoms with van der Waals surface area (Å²) >= 11 is 0. The number of fused-ring (bicyclic) bond motifs is 1. The van der Waals surface area contributed by atoms with E-state index in [-0.39, 0.29) is 12.0 Å². The van der Waals surface area contributed by atoms with Crippen LogP contribution in [0.1, 0.15) is 36.9 Å². The minimum Gasteiger partial charge on any atom is -0.390 e. The van der Waals surface area contributed by atoms with Gasteiger partial charge in [-0.1, -0.05) is 37.3 Å². The molecule has 0 spiro atoms. The minimum absolute atomic E-state index is 0.0160. The Morgan fingerprint density at radius 3 is 2.64 bits per heavy atom. The molecule has 0 amide bonds. The van der Waals surface area contributed by atoms with E-state index in [1.54, 1.807) is 0 Å². The first kappa shape index (κ1) is 23.6. The number of aryl methyl sites for hydroxylation is 1. The third-order valence-electron chi connectivity index (χ3n) is 6.77. The van der Waals surface area contributed by atoms with Crippen molar-refractivity contribution in [1.82, 2.24) is 25.2 Å². The third kappa shape index (κ3) is 5.35. The van der Waals surface area contributed by atoms with E-state index in [4.69, 9.17) is 5.73 Å². The van der Waals surface area contributed by atoms with E-state index >= 15 is 0 Å². The van der Waals surface area contributed by atoms with Crippen molar-refractivity contribution in [2.75, 3.05) is 31.9 Å². The molecule has 0 bridgehead atoms. The van der Waals surface area contributed by atoms with Crippen molar-refractivity contribution < 1.29 is 10.2 Å². The monoisotopic (exact) mass is 452 g/mol. The summed E-state index contributed by atoms with van der Waals surface area (Å²) in [7, 11) is 0. The highest BCUT2D eigenvalue weighted by Gasteiger charge is 2.42. The Labute approximate surface area is 195 Å². The maximum Gasteiger partial charge on any atom is 0.146 e. The van der Waals surface area contributed by atoms with Gasteiger partial charge in [-0.3, -0.25) is 0 Å². The maximum absolute atomic E-state index is 10.8. The quantitative estimate of drug-likeness (QED) is 0.281. The molecule has 1 saturated carbocycles. The van der Waals surface area contributed by atoms with Crippen molar-refractivity contribution in [3.05, 3.63) is 54.0 Å². The first-order valence-corrected chi connectivity index (χ1v) is 12.0. The van der Waals surface area contributed by atoms with Crippen molar-refractivity contribution in [3.8, 4) is 0 Å². The van der Waals surface area contributed by atoms with E-state index in [2.05, 4.69) is 51.8 Å². The van der Waals surface area contributed by atoms with E-state index in [0.717, 1.165) is 55.5 Å². The standard InChI is InChI=1S/C25H36N6O2/c1-2-18-15-31(25-21(18)24(26)29-16-30-25)20-13-19(22(32)23(20)33)14-28-11-6-10-27-12-9-17-7-4-3-5-8-17/h3-5,7-8,15-16,19-20,22-23,27-28,32-33H,2,6,9-14H2,1H3,(H2,26,29,30)/t19-,20-,22-,23+/m1/s1. The summed E-state index contributed by atoms with van der Waals surface area (Å²) in [6.45, 7) is 5.54. The van der Waals surface area contributed by atoms with Gasteiger partial charge in [-0.05, 0) is 56.4 Å². The van der Waals surface area contributed by atoms with Crippen LogP contribution in [0.2, 0.25) is 0 Å². The highest BCUT2D eigenvalue weighted by Crippen LogP contribution is 2.38. The number of nitrogens with two attached hydrogens (primary N) is 1. The Morgan fingerprint density at radius 1 is 1.06 bits per heavy atom. The summed E-state index contributed by atoms with van der Waals surface area (Å²) in [5, 5.41) is 29.3. The van der Waals surface area contributed by atoms with Gasteiger partial charge in [-0.25, -0.2) is 9.97 Å². The summed E-state index contributed by atoms with van der Waals surface area (Å²) in [6.07, 6.45) is 5.39. The van der Waals surface area contributed by atoms with Gasteiger partial charge in [0.15, 0.2) is 0 Å². The molecule has 33 heavy (non-hydrogen) atoms. The first-order chi connectivity index (χ1) is 16.1. The van der Waals surface area contributed by atoms with Crippen molar-refractivity contribution in [2.24, 2.45) is 5.92 Å². The van der Waals surface area contributed by atoms with Crippen LogP contribution >= 0.6 is 0 Å². The van der Waals surface area contributed by atoms with Crippen molar-refractivity contribution in [3.63, 3.8) is 0 Å². The van der Waals surface area contributed by atoms with Crippen LogP contribution in [0.25, 0.3) is 11.0 Å². The number of aliphatic hydroxyl groups excluding tert-OH is 2. The van der Waals surface area contributed by atoms with E-state index in [1.165, 1.54) is 11.9 Å².